The molecule has 0 aromatic carbocycles. The molecule has 116 valence electrons. The fourth-order valence-electron chi connectivity index (χ4n) is 2.10. The van der Waals surface area contributed by atoms with Gasteiger partial charge in [0.2, 0.25) is 0 Å². The van der Waals surface area contributed by atoms with Gasteiger partial charge < -0.3 is 10.2 Å². The Hall–Kier alpha value is -2.50. The standard InChI is InChI=1S/C16H21N5O/c1-11-9-12(2)20-15(19-11)7-8-17-14-6-5-13(10-18-14)16(22)21(3)4/h5-6,9-10H,7-8H2,1-4H3,(H,17,18). The molecular weight excluding hydrogens is 278 g/mol. The van der Waals surface area contributed by atoms with E-state index < -0.39 is 0 Å². The number of nitrogens with one attached hydrogen (secondary N) is 1. The summed E-state index contributed by atoms with van der Waals surface area (Å²) in [5.74, 6) is 1.51. The fraction of sp³-hybridized carbons (Fsp3) is 0.375. The van der Waals surface area contributed by atoms with Crippen LogP contribution in [0.5, 0.6) is 0 Å². The number of amides is 1. The van der Waals surface area contributed by atoms with E-state index in [1.165, 1.54) is 4.90 Å². The summed E-state index contributed by atoms with van der Waals surface area (Å²) in [4.78, 5) is 26.3. The van der Waals surface area contributed by atoms with Crippen molar-refractivity contribution in [3.05, 3.63) is 47.2 Å². The Morgan fingerprint density at radius 3 is 2.41 bits per heavy atom. The Kier molecular flexibility index (Phi) is 5.04. The molecule has 0 bridgehead atoms. The van der Waals surface area contributed by atoms with Gasteiger partial charge in [-0.1, -0.05) is 0 Å². The number of hydrogen-bond donors (Lipinski definition) is 1. The Morgan fingerprint density at radius 2 is 1.86 bits per heavy atom. The molecule has 0 fully saturated rings. The molecule has 0 unspecified atom stereocenters. The van der Waals surface area contributed by atoms with Crippen molar-refractivity contribution in [3.8, 4) is 0 Å². The Bertz CT molecular complexity index is 632. The van der Waals surface area contributed by atoms with E-state index in [9.17, 15) is 4.79 Å². The zero-order valence-corrected chi connectivity index (χ0v) is 13.4. The minimum atomic E-state index is -0.0531. The van der Waals surface area contributed by atoms with Gasteiger partial charge in [0.05, 0.1) is 5.56 Å². The van der Waals surface area contributed by atoms with E-state index in [0.29, 0.717) is 12.1 Å². The van der Waals surface area contributed by atoms with Gasteiger partial charge in [-0.3, -0.25) is 4.79 Å². The lowest BCUT2D eigenvalue weighted by Crippen LogP contribution is -2.21. The van der Waals surface area contributed by atoms with Crippen molar-refractivity contribution in [2.24, 2.45) is 0 Å². The molecule has 6 nitrogen and oxygen atoms in total. The number of aromatic nitrogens is 3. The van der Waals surface area contributed by atoms with Gasteiger partial charge in [0.15, 0.2) is 0 Å². The van der Waals surface area contributed by atoms with Crippen LogP contribution in [0.3, 0.4) is 0 Å². The molecular formula is C16H21N5O. The van der Waals surface area contributed by atoms with Crippen molar-refractivity contribution < 1.29 is 4.79 Å². The summed E-state index contributed by atoms with van der Waals surface area (Å²) in [6.07, 6.45) is 2.31. The Labute approximate surface area is 130 Å². The van der Waals surface area contributed by atoms with Crippen LogP contribution in [0.2, 0.25) is 0 Å². The van der Waals surface area contributed by atoms with Crippen LogP contribution in [-0.4, -0.2) is 46.4 Å². The molecule has 0 aliphatic heterocycles. The number of carbonyl (C=O) groups is 1. The first-order valence-corrected chi connectivity index (χ1v) is 7.18. The highest BCUT2D eigenvalue weighted by Gasteiger charge is 2.08. The second-order valence-electron chi connectivity index (χ2n) is 5.38. The molecule has 0 radical (unpaired) electrons. The molecule has 0 saturated heterocycles. The molecule has 0 aliphatic carbocycles. The lowest BCUT2D eigenvalue weighted by atomic mass is 10.2. The summed E-state index contributed by atoms with van der Waals surface area (Å²) in [5.41, 5.74) is 2.53. The van der Waals surface area contributed by atoms with Crippen molar-refractivity contribution in [1.82, 2.24) is 19.9 Å². The van der Waals surface area contributed by atoms with Crippen molar-refractivity contribution in [2.75, 3.05) is 26.0 Å². The summed E-state index contributed by atoms with van der Waals surface area (Å²) >= 11 is 0. The highest BCUT2D eigenvalue weighted by atomic mass is 16.2. The van der Waals surface area contributed by atoms with Crippen molar-refractivity contribution in [2.45, 2.75) is 20.3 Å². The van der Waals surface area contributed by atoms with Gasteiger partial charge >= 0.3 is 0 Å². The van der Waals surface area contributed by atoms with Crippen LogP contribution in [0.25, 0.3) is 0 Å². The molecule has 2 aromatic heterocycles. The van der Waals surface area contributed by atoms with E-state index in [0.717, 1.165) is 29.5 Å². The first kappa shape index (κ1) is 15.9. The number of anilines is 1. The molecule has 1 N–H and O–H groups in total. The largest absolute Gasteiger partial charge is 0.370 e. The Morgan fingerprint density at radius 1 is 1.18 bits per heavy atom. The molecule has 0 aliphatic rings. The van der Waals surface area contributed by atoms with Gasteiger partial charge in [0.1, 0.15) is 11.6 Å². The van der Waals surface area contributed by atoms with Gasteiger partial charge in [-0.25, -0.2) is 15.0 Å². The van der Waals surface area contributed by atoms with Crippen LogP contribution in [0.15, 0.2) is 24.4 Å². The maximum Gasteiger partial charge on any atom is 0.254 e. The van der Waals surface area contributed by atoms with Gasteiger partial charge in [-0.15, -0.1) is 0 Å². The topological polar surface area (TPSA) is 71.0 Å². The summed E-state index contributed by atoms with van der Waals surface area (Å²) in [5, 5.41) is 3.21. The summed E-state index contributed by atoms with van der Waals surface area (Å²) in [6.45, 7) is 4.62. The van der Waals surface area contributed by atoms with Crippen LogP contribution in [0, 0.1) is 13.8 Å². The molecule has 0 spiro atoms. The lowest BCUT2D eigenvalue weighted by molar-refractivity contribution is 0.0827. The average molecular weight is 299 g/mol. The number of aryl methyl sites for hydroxylation is 2. The predicted molar refractivity (Wildman–Crippen MR) is 86.0 cm³/mol. The number of hydrogen-bond acceptors (Lipinski definition) is 5. The van der Waals surface area contributed by atoms with Crippen LogP contribution in [-0.2, 0) is 6.42 Å². The summed E-state index contributed by atoms with van der Waals surface area (Å²) in [6, 6.07) is 5.53. The van der Waals surface area contributed by atoms with E-state index in [2.05, 4.69) is 20.3 Å². The van der Waals surface area contributed by atoms with Crippen molar-refractivity contribution in [1.29, 1.82) is 0 Å². The molecule has 1 amide bonds. The molecule has 2 rings (SSSR count). The molecule has 0 atom stereocenters. The first-order chi connectivity index (χ1) is 10.5. The third kappa shape index (κ3) is 4.25. The van der Waals surface area contributed by atoms with Crippen molar-refractivity contribution in [3.63, 3.8) is 0 Å². The van der Waals surface area contributed by atoms with E-state index in [4.69, 9.17) is 0 Å². The minimum absolute atomic E-state index is 0.0531. The smallest absolute Gasteiger partial charge is 0.254 e. The summed E-state index contributed by atoms with van der Waals surface area (Å²) < 4.78 is 0. The van der Waals surface area contributed by atoms with E-state index >= 15 is 0 Å². The Balaban J connectivity index is 1.90. The van der Waals surface area contributed by atoms with E-state index in [1.807, 2.05) is 19.9 Å². The quantitative estimate of drug-likeness (QED) is 0.912. The summed E-state index contributed by atoms with van der Waals surface area (Å²) in [7, 11) is 3.44. The van der Waals surface area contributed by atoms with Crippen molar-refractivity contribution >= 4 is 11.7 Å². The van der Waals surface area contributed by atoms with E-state index in [1.54, 1.807) is 32.4 Å². The monoisotopic (exact) mass is 299 g/mol. The number of nitrogens with zero attached hydrogens (tertiary/aromatic N) is 4. The zero-order valence-electron chi connectivity index (χ0n) is 13.4. The maximum atomic E-state index is 11.8. The number of carbonyl (C=O) groups excluding carboxylic acids is 1. The van der Waals surface area contributed by atoms with Gasteiger partial charge in [-0.2, -0.15) is 0 Å². The first-order valence-electron chi connectivity index (χ1n) is 7.18. The number of pyridine rings is 1. The van der Waals surface area contributed by atoms with Crippen LogP contribution in [0.4, 0.5) is 5.82 Å². The lowest BCUT2D eigenvalue weighted by Gasteiger charge is -2.10. The van der Waals surface area contributed by atoms with E-state index in [-0.39, 0.29) is 5.91 Å². The second-order valence-corrected chi connectivity index (χ2v) is 5.38. The highest BCUT2D eigenvalue weighted by Crippen LogP contribution is 2.07. The van der Waals surface area contributed by atoms with Crippen LogP contribution < -0.4 is 5.32 Å². The molecule has 22 heavy (non-hydrogen) atoms. The maximum absolute atomic E-state index is 11.8. The number of rotatable bonds is 5. The second kappa shape index (κ2) is 6.98. The molecule has 2 heterocycles. The normalized spacial score (nSPS) is 10.4. The fourth-order valence-corrected chi connectivity index (χ4v) is 2.10. The zero-order chi connectivity index (χ0) is 16.1. The van der Waals surface area contributed by atoms with Crippen LogP contribution in [0.1, 0.15) is 27.6 Å². The molecule has 6 heteroatoms. The predicted octanol–water partition coefficient (Wildman–Crippen LogP) is 1.84. The van der Waals surface area contributed by atoms with Gasteiger partial charge in [-0.05, 0) is 32.0 Å². The SMILES string of the molecule is Cc1cc(C)nc(CCNc2ccc(C(=O)N(C)C)cn2)n1. The highest BCUT2D eigenvalue weighted by molar-refractivity contribution is 5.93. The third-order valence-corrected chi connectivity index (χ3v) is 3.10. The average Bonchev–Trinajstić information content (AvgIpc) is 2.46. The molecule has 2 aromatic rings. The third-order valence-electron chi connectivity index (χ3n) is 3.10. The van der Waals surface area contributed by atoms with Crippen LogP contribution >= 0.6 is 0 Å². The van der Waals surface area contributed by atoms with Gasteiger partial charge in [0, 0.05) is 44.6 Å². The molecule has 0 saturated carbocycles. The van der Waals surface area contributed by atoms with Gasteiger partial charge in [0.25, 0.3) is 5.91 Å². The minimum Gasteiger partial charge on any atom is -0.370 e.